The van der Waals surface area contributed by atoms with Crippen LogP contribution in [0.1, 0.15) is 32.4 Å². The van der Waals surface area contributed by atoms with E-state index in [9.17, 15) is 5.11 Å². The molecule has 1 rings (SSSR count). The Morgan fingerprint density at radius 3 is 2.29 bits per heavy atom. The van der Waals surface area contributed by atoms with Gasteiger partial charge in [0.1, 0.15) is 5.75 Å². The summed E-state index contributed by atoms with van der Waals surface area (Å²) in [6.45, 7) is 10.8. The molecule has 0 saturated carbocycles. The van der Waals surface area contributed by atoms with Gasteiger partial charge in [-0.2, -0.15) is 0 Å². The summed E-state index contributed by atoms with van der Waals surface area (Å²) in [6.07, 6.45) is 0. The number of phenols is 1. The van der Waals surface area contributed by atoms with Crippen molar-refractivity contribution < 1.29 is 5.11 Å². The van der Waals surface area contributed by atoms with Crippen LogP contribution in [0.15, 0.2) is 24.3 Å². The van der Waals surface area contributed by atoms with Gasteiger partial charge in [-0.3, -0.25) is 0 Å². The van der Waals surface area contributed by atoms with Crippen molar-refractivity contribution in [2.45, 2.75) is 26.8 Å². The van der Waals surface area contributed by atoms with Gasteiger partial charge in [-0.15, -0.1) is 0 Å². The third-order valence-corrected chi connectivity index (χ3v) is 3.17. The maximum atomic E-state index is 9.22. The fraction of sp³-hybridized carbons (Fsp3) is 0.571. The molecule has 0 fully saturated rings. The Balaban J connectivity index is 2.34. The molecule has 0 amide bonds. The molecule has 0 heterocycles. The predicted molar refractivity (Wildman–Crippen MR) is 72.3 cm³/mol. The minimum Gasteiger partial charge on any atom is -0.508 e. The molecule has 3 nitrogen and oxygen atoms in total. The van der Waals surface area contributed by atoms with Crippen LogP contribution in [-0.4, -0.2) is 36.2 Å². The Morgan fingerprint density at radius 2 is 1.76 bits per heavy atom. The molecule has 0 aromatic heterocycles. The van der Waals surface area contributed by atoms with Gasteiger partial charge in [0.05, 0.1) is 0 Å². The van der Waals surface area contributed by atoms with E-state index in [4.69, 9.17) is 0 Å². The smallest absolute Gasteiger partial charge is 0.115 e. The van der Waals surface area contributed by atoms with Gasteiger partial charge in [-0.05, 0) is 37.7 Å². The minimum atomic E-state index is 0.323. The van der Waals surface area contributed by atoms with Crippen molar-refractivity contribution >= 4 is 0 Å². The Bertz CT molecular complexity index is 307. The van der Waals surface area contributed by atoms with E-state index in [1.54, 1.807) is 12.1 Å². The zero-order valence-electron chi connectivity index (χ0n) is 11.1. The molecule has 96 valence electrons. The highest BCUT2D eigenvalue weighted by Gasteiger charge is 2.05. The van der Waals surface area contributed by atoms with Crippen molar-refractivity contribution in [2.75, 3.05) is 26.2 Å². The van der Waals surface area contributed by atoms with E-state index in [0.717, 1.165) is 26.2 Å². The van der Waals surface area contributed by atoms with E-state index in [2.05, 4.69) is 31.0 Å². The second-order valence-corrected chi connectivity index (χ2v) is 4.29. The molecule has 0 spiro atoms. The van der Waals surface area contributed by atoms with Gasteiger partial charge in [0.15, 0.2) is 0 Å². The first-order valence-electron chi connectivity index (χ1n) is 6.42. The first kappa shape index (κ1) is 14.0. The number of phenolic OH excluding ortho intramolecular Hbond substituents is 1. The lowest BCUT2D eigenvalue weighted by Gasteiger charge is -2.20. The summed E-state index contributed by atoms with van der Waals surface area (Å²) in [7, 11) is 0. The summed E-state index contributed by atoms with van der Waals surface area (Å²) in [5.74, 6) is 0.323. The number of rotatable bonds is 7. The standard InChI is InChI=1S/C14H24N2O/c1-4-16(5-2)11-10-15-12(3)13-6-8-14(17)9-7-13/h6-9,12,15,17H,4-5,10-11H2,1-3H3. The van der Waals surface area contributed by atoms with Crippen LogP contribution in [-0.2, 0) is 0 Å². The predicted octanol–water partition coefficient (Wildman–Crippen LogP) is 2.38. The number of hydrogen-bond acceptors (Lipinski definition) is 3. The Labute approximate surface area is 104 Å². The Morgan fingerprint density at radius 1 is 1.18 bits per heavy atom. The van der Waals surface area contributed by atoms with E-state index < -0.39 is 0 Å². The zero-order chi connectivity index (χ0) is 12.7. The van der Waals surface area contributed by atoms with Gasteiger partial charge in [0.25, 0.3) is 0 Å². The molecule has 2 N–H and O–H groups in total. The number of nitrogens with zero attached hydrogens (tertiary/aromatic N) is 1. The molecule has 0 aliphatic heterocycles. The van der Waals surface area contributed by atoms with Crippen molar-refractivity contribution in [3.63, 3.8) is 0 Å². The van der Waals surface area contributed by atoms with Crippen molar-refractivity contribution in [2.24, 2.45) is 0 Å². The van der Waals surface area contributed by atoms with Crippen LogP contribution in [0.25, 0.3) is 0 Å². The van der Waals surface area contributed by atoms with Gasteiger partial charge in [-0.25, -0.2) is 0 Å². The van der Waals surface area contributed by atoms with Crippen molar-refractivity contribution in [3.8, 4) is 5.75 Å². The van der Waals surface area contributed by atoms with Gasteiger partial charge in [0.2, 0.25) is 0 Å². The molecular formula is C14H24N2O. The van der Waals surface area contributed by atoms with Crippen LogP contribution in [0.5, 0.6) is 5.75 Å². The highest BCUT2D eigenvalue weighted by atomic mass is 16.3. The largest absolute Gasteiger partial charge is 0.508 e. The van der Waals surface area contributed by atoms with Gasteiger partial charge in [-0.1, -0.05) is 26.0 Å². The zero-order valence-corrected chi connectivity index (χ0v) is 11.1. The molecule has 1 unspecified atom stereocenters. The summed E-state index contributed by atoms with van der Waals surface area (Å²) in [4.78, 5) is 2.40. The van der Waals surface area contributed by atoms with E-state index in [0.29, 0.717) is 11.8 Å². The van der Waals surface area contributed by atoms with E-state index in [1.807, 2.05) is 12.1 Å². The van der Waals surface area contributed by atoms with E-state index in [-0.39, 0.29) is 0 Å². The number of nitrogens with one attached hydrogen (secondary N) is 1. The van der Waals surface area contributed by atoms with Crippen LogP contribution < -0.4 is 5.32 Å². The first-order chi connectivity index (χ1) is 8.17. The van der Waals surface area contributed by atoms with Gasteiger partial charge < -0.3 is 15.3 Å². The number of benzene rings is 1. The molecule has 0 radical (unpaired) electrons. The monoisotopic (exact) mass is 236 g/mol. The van der Waals surface area contributed by atoms with Crippen molar-refractivity contribution in [1.29, 1.82) is 0 Å². The second-order valence-electron chi connectivity index (χ2n) is 4.29. The minimum absolute atomic E-state index is 0.323. The maximum Gasteiger partial charge on any atom is 0.115 e. The molecule has 17 heavy (non-hydrogen) atoms. The highest BCUT2D eigenvalue weighted by Crippen LogP contribution is 2.15. The Kier molecular flexibility index (Phi) is 6.01. The van der Waals surface area contributed by atoms with Crippen molar-refractivity contribution in [3.05, 3.63) is 29.8 Å². The summed E-state index contributed by atoms with van der Waals surface area (Å²) >= 11 is 0. The van der Waals surface area contributed by atoms with E-state index in [1.165, 1.54) is 5.56 Å². The SMILES string of the molecule is CCN(CC)CCNC(C)c1ccc(O)cc1. The quantitative estimate of drug-likeness (QED) is 0.763. The molecule has 0 saturated heterocycles. The first-order valence-corrected chi connectivity index (χ1v) is 6.42. The molecule has 3 heteroatoms. The number of likely N-dealkylation sites (N-methyl/N-ethyl adjacent to an activating group) is 1. The Hall–Kier alpha value is -1.06. The molecular weight excluding hydrogens is 212 g/mol. The normalized spacial score (nSPS) is 12.9. The molecule has 0 aliphatic rings. The molecule has 0 aliphatic carbocycles. The van der Waals surface area contributed by atoms with Crippen LogP contribution in [0.2, 0.25) is 0 Å². The lowest BCUT2D eigenvalue weighted by atomic mass is 10.1. The highest BCUT2D eigenvalue weighted by molar-refractivity contribution is 5.27. The van der Waals surface area contributed by atoms with Gasteiger partial charge >= 0.3 is 0 Å². The number of hydrogen-bond donors (Lipinski definition) is 2. The summed E-state index contributed by atoms with van der Waals surface area (Å²) in [5.41, 5.74) is 1.21. The lowest BCUT2D eigenvalue weighted by Crippen LogP contribution is -2.32. The summed E-state index contributed by atoms with van der Waals surface area (Å²) in [5, 5.41) is 12.7. The molecule has 1 aromatic rings. The summed E-state index contributed by atoms with van der Waals surface area (Å²) < 4.78 is 0. The van der Waals surface area contributed by atoms with Crippen molar-refractivity contribution in [1.82, 2.24) is 10.2 Å². The van der Waals surface area contributed by atoms with Gasteiger partial charge in [0, 0.05) is 19.1 Å². The van der Waals surface area contributed by atoms with E-state index >= 15 is 0 Å². The van der Waals surface area contributed by atoms with Crippen LogP contribution in [0.4, 0.5) is 0 Å². The third kappa shape index (κ3) is 4.75. The number of aromatic hydroxyl groups is 1. The summed E-state index contributed by atoms with van der Waals surface area (Å²) in [6, 6.07) is 7.72. The lowest BCUT2D eigenvalue weighted by molar-refractivity contribution is 0.298. The topological polar surface area (TPSA) is 35.5 Å². The second kappa shape index (κ2) is 7.30. The third-order valence-electron chi connectivity index (χ3n) is 3.17. The fourth-order valence-electron chi connectivity index (χ4n) is 1.86. The average Bonchev–Trinajstić information content (AvgIpc) is 2.35. The molecule has 1 aromatic carbocycles. The fourth-order valence-corrected chi connectivity index (χ4v) is 1.86. The van der Waals surface area contributed by atoms with Crippen LogP contribution >= 0.6 is 0 Å². The molecule has 1 atom stereocenters. The maximum absolute atomic E-state index is 9.22. The van der Waals surface area contributed by atoms with Crippen LogP contribution in [0.3, 0.4) is 0 Å². The molecule has 0 bridgehead atoms. The van der Waals surface area contributed by atoms with Crippen LogP contribution in [0, 0.1) is 0 Å². The average molecular weight is 236 g/mol.